The van der Waals surface area contributed by atoms with Crippen LogP contribution in [0.5, 0.6) is 0 Å². The fraction of sp³-hybridized carbons (Fsp3) is 0.333. The highest BCUT2D eigenvalue weighted by Crippen LogP contribution is 2.20. The van der Waals surface area contributed by atoms with Crippen LogP contribution in [0.3, 0.4) is 0 Å². The van der Waals surface area contributed by atoms with E-state index in [4.69, 9.17) is 5.73 Å². The Morgan fingerprint density at radius 1 is 1.64 bits per heavy atom. The van der Waals surface area contributed by atoms with Crippen molar-refractivity contribution < 1.29 is 9.18 Å². The first kappa shape index (κ1) is 8.93. The highest BCUT2D eigenvalue weighted by molar-refractivity contribution is 5.98. The van der Waals surface area contributed by atoms with Gasteiger partial charge in [-0.05, 0) is 18.9 Å². The molecule has 14 heavy (non-hydrogen) atoms. The van der Waals surface area contributed by atoms with E-state index in [-0.39, 0.29) is 23.3 Å². The fourth-order valence-corrected chi connectivity index (χ4v) is 1.12. The van der Waals surface area contributed by atoms with E-state index in [0.29, 0.717) is 0 Å². The quantitative estimate of drug-likeness (QED) is 0.729. The number of aromatic nitrogens is 1. The van der Waals surface area contributed by atoms with Crippen LogP contribution < -0.4 is 11.1 Å². The lowest BCUT2D eigenvalue weighted by molar-refractivity contribution is 0.0951. The first-order valence-electron chi connectivity index (χ1n) is 4.38. The summed E-state index contributed by atoms with van der Waals surface area (Å²) in [6, 6.07) is 1.32. The number of hydrogen-bond donors (Lipinski definition) is 2. The summed E-state index contributed by atoms with van der Waals surface area (Å²) in [5.74, 6) is -0.846. The summed E-state index contributed by atoms with van der Waals surface area (Å²) >= 11 is 0. The SMILES string of the molecule is Nc1ncc(F)cc1C(=O)NC1CC1. The number of nitrogens with one attached hydrogen (secondary N) is 1. The summed E-state index contributed by atoms with van der Waals surface area (Å²) < 4.78 is 12.8. The molecule has 0 aliphatic heterocycles. The van der Waals surface area contributed by atoms with Gasteiger partial charge >= 0.3 is 0 Å². The maximum Gasteiger partial charge on any atom is 0.255 e. The second kappa shape index (κ2) is 3.25. The van der Waals surface area contributed by atoms with Gasteiger partial charge in [-0.2, -0.15) is 0 Å². The van der Waals surface area contributed by atoms with E-state index >= 15 is 0 Å². The van der Waals surface area contributed by atoms with E-state index in [9.17, 15) is 9.18 Å². The minimum absolute atomic E-state index is 0.0598. The number of carbonyl (C=O) groups excluding carboxylic acids is 1. The molecular formula is C9H10FN3O. The van der Waals surface area contributed by atoms with Crippen LogP contribution >= 0.6 is 0 Å². The zero-order valence-corrected chi connectivity index (χ0v) is 7.46. The molecule has 1 aromatic heterocycles. The van der Waals surface area contributed by atoms with Crippen LogP contribution in [-0.2, 0) is 0 Å². The second-order valence-electron chi connectivity index (χ2n) is 3.33. The van der Waals surface area contributed by atoms with Gasteiger partial charge in [0.25, 0.3) is 5.91 Å². The predicted molar refractivity (Wildman–Crippen MR) is 49.1 cm³/mol. The minimum atomic E-state index is -0.555. The van der Waals surface area contributed by atoms with Gasteiger partial charge in [0.2, 0.25) is 0 Å². The molecule has 1 heterocycles. The Morgan fingerprint density at radius 2 is 2.36 bits per heavy atom. The van der Waals surface area contributed by atoms with Crippen LogP contribution in [0.25, 0.3) is 0 Å². The molecule has 1 aliphatic carbocycles. The zero-order valence-electron chi connectivity index (χ0n) is 7.46. The Morgan fingerprint density at radius 3 is 3.00 bits per heavy atom. The number of hydrogen-bond acceptors (Lipinski definition) is 3. The van der Waals surface area contributed by atoms with Gasteiger partial charge in [-0.15, -0.1) is 0 Å². The first-order chi connectivity index (χ1) is 6.66. The third kappa shape index (κ3) is 1.81. The number of carbonyl (C=O) groups is 1. The zero-order chi connectivity index (χ0) is 10.1. The number of amides is 1. The molecule has 74 valence electrons. The Balaban J connectivity index is 2.20. The van der Waals surface area contributed by atoms with Crippen LogP contribution in [0.2, 0.25) is 0 Å². The lowest BCUT2D eigenvalue weighted by Gasteiger charge is -2.04. The Kier molecular flexibility index (Phi) is 2.07. The summed E-state index contributed by atoms with van der Waals surface area (Å²) in [4.78, 5) is 15.0. The molecule has 1 amide bonds. The number of nitrogen functional groups attached to an aromatic ring is 1. The molecule has 1 saturated carbocycles. The molecule has 1 fully saturated rings. The highest BCUT2D eigenvalue weighted by atomic mass is 19.1. The molecule has 3 N–H and O–H groups in total. The summed E-state index contributed by atoms with van der Waals surface area (Å²) in [5, 5.41) is 2.71. The average Bonchev–Trinajstić information content (AvgIpc) is 2.93. The molecule has 0 bridgehead atoms. The van der Waals surface area contributed by atoms with Crippen molar-refractivity contribution in [2.75, 3.05) is 5.73 Å². The van der Waals surface area contributed by atoms with Gasteiger partial charge in [0, 0.05) is 6.04 Å². The van der Waals surface area contributed by atoms with E-state index in [0.717, 1.165) is 25.1 Å². The van der Waals surface area contributed by atoms with Crippen LogP contribution in [0.1, 0.15) is 23.2 Å². The van der Waals surface area contributed by atoms with Gasteiger partial charge < -0.3 is 11.1 Å². The Bertz CT molecular complexity index is 376. The fourth-order valence-electron chi connectivity index (χ4n) is 1.12. The summed E-state index contributed by atoms with van der Waals surface area (Å²) in [7, 11) is 0. The van der Waals surface area contributed by atoms with E-state index in [2.05, 4.69) is 10.3 Å². The van der Waals surface area contributed by atoms with Crippen molar-refractivity contribution in [3.8, 4) is 0 Å². The number of anilines is 1. The van der Waals surface area contributed by atoms with Crippen molar-refractivity contribution in [1.29, 1.82) is 0 Å². The molecule has 0 radical (unpaired) electrons. The smallest absolute Gasteiger partial charge is 0.255 e. The molecule has 0 saturated heterocycles. The van der Waals surface area contributed by atoms with Crippen LogP contribution in [-0.4, -0.2) is 16.9 Å². The van der Waals surface area contributed by atoms with Gasteiger partial charge in [0.05, 0.1) is 11.8 Å². The van der Waals surface area contributed by atoms with E-state index in [1.54, 1.807) is 0 Å². The molecular weight excluding hydrogens is 185 g/mol. The highest BCUT2D eigenvalue weighted by Gasteiger charge is 2.24. The van der Waals surface area contributed by atoms with E-state index in [1.807, 2.05) is 0 Å². The number of rotatable bonds is 2. The normalized spacial score (nSPS) is 15.2. The summed E-state index contributed by atoms with van der Waals surface area (Å²) in [6.07, 6.45) is 2.95. The monoisotopic (exact) mass is 195 g/mol. The summed E-state index contributed by atoms with van der Waals surface area (Å²) in [6.45, 7) is 0. The lowest BCUT2D eigenvalue weighted by atomic mass is 10.2. The molecule has 0 atom stereocenters. The van der Waals surface area contributed by atoms with Gasteiger partial charge in [-0.25, -0.2) is 9.37 Å². The first-order valence-corrected chi connectivity index (χ1v) is 4.38. The topological polar surface area (TPSA) is 68.0 Å². The number of nitrogens with zero attached hydrogens (tertiary/aromatic N) is 1. The number of nitrogens with two attached hydrogens (primary N) is 1. The number of halogens is 1. The standard InChI is InChI=1S/C9H10FN3O/c10-5-3-7(8(11)12-4-5)9(14)13-6-1-2-6/h3-4,6H,1-2H2,(H2,11,12)(H,13,14). The maximum atomic E-state index is 12.8. The lowest BCUT2D eigenvalue weighted by Crippen LogP contribution is -2.26. The van der Waals surface area contributed by atoms with Crippen molar-refractivity contribution in [2.24, 2.45) is 0 Å². The second-order valence-corrected chi connectivity index (χ2v) is 3.33. The van der Waals surface area contributed by atoms with Gasteiger partial charge in [0.15, 0.2) is 0 Å². The van der Waals surface area contributed by atoms with E-state index < -0.39 is 5.82 Å². The molecule has 4 nitrogen and oxygen atoms in total. The Hall–Kier alpha value is -1.65. The van der Waals surface area contributed by atoms with Crippen molar-refractivity contribution >= 4 is 11.7 Å². The van der Waals surface area contributed by atoms with Crippen molar-refractivity contribution in [2.45, 2.75) is 18.9 Å². The van der Waals surface area contributed by atoms with Crippen molar-refractivity contribution in [3.63, 3.8) is 0 Å². The molecule has 5 heteroatoms. The van der Waals surface area contributed by atoms with Crippen LogP contribution in [0.15, 0.2) is 12.3 Å². The third-order valence-corrected chi connectivity index (χ3v) is 2.04. The largest absolute Gasteiger partial charge is 0.383 e. The van der Waals surface area contributed by atoms with E-state index in [1.165, 1.54) is 0 Å². The predicted octanol–water partition coefficient (Wildman–Crippen LogP) is 0.695. The van der Waals surface area contributed by atoms with Crippen LogP contribution in [0.4, 0.5) is 10.2 Å². The molecule has 1 aromatic rings. The molecule has 1 aliphatic rings. The number of pyridine rings is 1. The average molecular weight is 195 g/mol. The minimum Gasteiger partial charge on any atom is -0.383 e. The van der Waals surface area contributed by atoms with Crippen LogP contribution in [0, 0.1) is 5.82 Å². The maximum absolute atomic E-state index is 12.8. The molecule has 0 aromatic carbocycles. The van der Waals surface area contributed by atoms with Gasteiger partial charge in [-0.1, -0.05) is 0 Å². The molecule has 0 unspecified atom stereocenters. The van der Waals surface area contributed by atoms with Crippen molar-refractivity contribution in [1.82, 2.24) is 10.3 Å². The van der Waals surface area contributed by atoms with Gasteiger partial charge in [0.1, 0.15) is 11.6 Å². The Labute approximate surface area is 80.3 Å². The summed E-state index contributed by atoms with van der Waals surface area (Å²) in [5.41, 5.74) is 5.56. The van der Waals surface area contributed by atoms with Crippen molar-refractivity contribution in [3.05, 3.63) is 23.6 Å². The third-order valence-electron chi connectivity index (χ3n) is 2.04. The van der Waals surface area contributed by atoms with Gasteiger partial charge in [-0.3, -0.25) is 4.79 Å². The molecule has 2 rings (SSSR count). The molecule has 0 spiro atoms.